The van der Waals surface area contributed by atoms with Gasteiger partial charge < -0.3 is 35.2 Å². The van der Waals surface area contributed by atoms with Gasteiger partial charge in [0.2, 0.25) is 0 Å². The van der Waals surface area contributed by atoms with Crippen molar-refractivity contribution in [1.82, 2.24) is 0 Å². The Morgan fingerprint density at radius 2 is 1.12 bits per heavy atom. The van der Waals surface area contributed by atoms with Crippen LogP contribution in [0.25, 0.3) is 5.32 Å². The Balaban J connectivity index is -0.0000000511. The van der Waals surface area contributed by atoms with E-state index in [2.05, 4.69) is 19.2 Å². The third kappa shape index (κ3) is 45.6. The molecule has 16 heavy (non-hydrogen) atoms. The van der Waals surface area contributed by atoms with Crippen LogP contribution in [0.15, 0.2) is 0 Å². The van der Waals surface area contributed by atoms with Crippen molar-refractivity contribution < 1.29 is 51.6 Å². The van der Waals surface area contributed by atoms with Gasteiger partial charge >= 0.3 is 21.7 Å². The molecule has 0 heterocycles. The molecule has 0 bridgehead atoms. The van der Waals surface area contributed by atoms with Gasteiger partial charge in [-0.2, -0.15) is 0 Å². The van der Waals surface area contributed by atoms with Crippen LogP contribution in [0.3, 0.4) is 0 Å². The molecule has 0 spiro atoms. The zero-order valence-corrected chi connectivity index (χ0v) is 13.9. The Kier molecular flexibility index (Phi) is 68.2. The van der Waals surface area contributed by atoms with E-state index >= 15 is 0 Å². The average molecular weight is 307 g/mol. The summed E-state index contributed by atoms with van der Waals surface area (Å²) in [5, 5.41) is 12.2. The smallest absolute Gasteiger partial charge is 1.00 e. The minimum absolute atomic E-state index is 0. The molecule has 1 radical (unpaired) electrons. The second-order valence-electron chi connectivity index (χ2n) is 3.10. The van der Waals surface area contributed by atoms with Crippen molar-refractivity contribution in [3.05, 3.63) is 5.32 Å². The fraction of sp³-hybridized carbons (Fsp3) is 1.00. The molecule has 0 unspecified atom stereocenters. The number of rotatable bonds is 7. The third-order valence-electron chi connectivity index (χ3n) is 1.56. The van der Waals surface area contributed by atoms with Gasteiger partial charge in [-0.15, -0.1) is 13.1 Å². The van der Waals surface area contributed by atoms with Gasteiger partial charge in [-0.1, -0.05) is 46.5 Å². The average Bonchev–Trinajstić information content (AvgIpc) is 2.18. The Morgan fingerprint density at radius 3 is 1.31 bits per heavy atom. The molecule has 0 aliphatic heterocycles. The molecule has 0 atom stereocenters. The van der Waals surface area contributed by atoms with Crippen molar-refractivity contribution in [1.29, 1.82) is 0 Å². The van der Waals surface area contributed by atoms with Crippen LogP contribution in [-0.2, 0) is 21.7 Å². The number of unbranched alkanes of at least 4 members (excludes halogenated alkanes) is 2. The summed E-state index contributed by atoms with van der Waals surface area (Å²) in [5.74, 6) is 0. The summed E-state index contributed by atoms with van der Waals surface area (Å²) in [4.78, 5) is 0. The van der Waals surface area contributed by atoms with Crippen molar-refractivity contribution in [2.45, 2.75) is 52.9 Å². The maximum absolute atomic E-state index is 7.88. The van der Waals surface area contributed by atoms with Crippen molar-refractivity contribution in [3.8, 4) is 0 Å². The largest absolute Gasteiger partial charge is 3.00 e. The van der Waals surface area contributed by atoms with Crippen LogP contribution in [-0.4, -0.2) is 24.8 Å². The first-order valence-corrected chi connectivity index (χ1v) is 5.57. The van der Waals surface area contributed by atoms with Crippen LogP contribution < -0.4 is 24.8 Å². The van der Waals surface area contributed by atoms with Crippen molar-refractivity contribution in [2.24, 2.45) is 0 Å². The van der Waals surface area contributed by atoms with E-state index in [9.17, 15) is 0 Å². The molecule has 0 aromatic carbocycles. The Morgan fingerprint density at radius 1 is 0.812 bits per heavy atom. The maximum atomic E-state index is 7.88. The van der Waals surface area contributed by atoms with E-state index in [1.807, 2.05) is 6.92 Å². The van der Waals surface area contributed by atoms with Gasteiger partial charge in [-0.05, 0) is 6.42 Å². The number of hydrogen-bond acceptors (Lipinski definition) is 1. The van der Waals surface area contributed by atoms with E-state index in [0.717, 1.165) is 19.5 Å². The molecule has 1 N–H and O–H groups in total. The summed E-state index contributed by atoms with van der Waals surface area (Å²) in [6, 6.07) is 0. The quantitative estimate of drug-likeness (QED) is 0.405. The summed E-state index contributed by atoms with van der Waals surface area (Å²) in [5.41, 5.74) is 0. The molecule has 2 nitrogen and oxygen atoms in total. The first-order valence-electron chi connectivity index (χ1n) is 5.57. The number of halogens is 2. The van der Waals surface area contributed by atoms with Crippen LogP contribution in [0.2, 0.25) is 0 Å². The van der Waals surface area contributed by atoms with E-state index in [1.54, 1.807) is 0 Å². The number of aliphatic hydroxyl groups is 1. The molecule has 0 aromatic heterocycles. The molecule has 0 aliphatic rings. The zero-order valence-electron chi connectivity index (χ0n) is 10.8. The molecule has 5 heteroatoms. The normalized spacial score (nSPS) is 7.50. The predicted molar refractivity (Wildman–Crippen MR) is 60.3 cm³/mol. The maximum Gasteiger partial charge on any atom is 3.00 e. The number of hydrogen-bond donors (Lipinski definition) is 1. The van der Waals surface area contributed by atoms with E-state index in [0.29, 0.717) is 6.61 Å². The van der Waals surface area contributed by atoms with E-state index in [4.69, 9.17) is 5.11 Å². The predicted octanol–water partition coefficient (Wildman–Crippen LogP) is -2.65. The van der Waals surface area contributed by atoms with Crippen molar-refractivity contribution in [3.63, 3.8) is 0 Å². The molecule has 99 valence electrons. The van der Waals surface area contributed by atoms with Gasteiger partial charge in [0.1, 0.15) is 0 Å². The first-order chi connectivity index (χ1) is 6.33. The molecule has 0 saturated heterocycles. The van der Waals surface area contributed by atoms with Gasteiger partial charge in [0.05, 0.1) is 0 Å². The zero-order chi connectivity index (χ0) is 10.4. The third-order valence-corrected chi connectivity index (χ3v) is 1.56. The van der Waals surface area contributed by atoms with Crippen LogP contribution >= 0.6 is 0 Å². The van der Waals surface area contributed by atoms with E-state index in [-0.39, 0.29) is 46.5 Å². The van der Waals surface area contributed by atoms with Crippen molar-refractivity contribution in [2.75, 3.05) is 19.7 Å². The SMILES string of the molecule is CCCC[N-]CCCC.CCCO.[Cl-].[Cl-].[Ti+3]. The topological polar surface area (TPSA) is 34.3 Å². The van der Waals surface area contributed by atoms with Gasteiger partial charge in [-0.25, -0.2) is 0 Å². The minimum atomic E-state index is 0. The van der Waals surface area contributed by atoms with Crippen LogP contribution in [0.5, 0.6) is 0 Å². The standard InChI is InChI=1S/C8H18N.C3H8O.2ClH.Ti/c1-3-5-7-9-8-6-4-2;1-2-3-4;;;/h3-8H2,1-2H3;4H,2-3H2,1H3;2*1H;/q-1;;;;+3/p-2. The Bertz CT molecular complexity index is 73.0. The van der Waals surface area contributed by atoms with Crippen LogP contribution in [0.4, 0.5) is 0 Å². The van der Waals surface area contributed by atoms with E-state index in [1.165, 1.54) is 25.7 Å². The number of aliphatic hydroxyl groups excluding tert-OH is 1. The summed E-state index contributed by atoms with van der Waals surface area (Å²) in [6.45, 7) is 8.82. The first kappa shape index (κ1) is 30.3. The monoisotopic (exact) mass is 306 g/mol. The molecule has 0 saturated carbocycles. The van der Waals surface area contributed by atoms with Gasteiger partial charge in [0.25, 0.3) is 0 Å². The molecule has 0 amide bonds. The van der Waals surface area contributed by atoms with Crippen LogP contribution in [0.1, 0.15) is 52.9 Å². The van der Waals surface area contributed by atoms with Gasteiger partial charge in [0.15, 0.2) is 0 Å². The molecular formula is C11H26Cl2NOTi. The Labute approximate surface area is 129 Å². The Hall–Kier alpha value is 1.21. The van der Waals surface area contributed by atoms with Gasteiger partial charge in [0, 0.05) is 6.61 Å². The summed E-state index contributed by atoms with van der Waals surface area (Å²) in [6.07, 6.45) is 5.96. The van der Waals surface area contributed by atoms with Gasteiger partial charge in [-0.3, -0.25) is 0 Å². The summed E-state index contributed by atoms with van der Waals surface area (Å²) in [7, 11) is 0. The second-order valence-corrected chi connectivity index (χ2v) is 3.10. The molecule has 0 aliphatic carbocycles. The number of nitrogens with zero attached hydrogens (tertiary/aromatic N) is 1. The molecule has 0 fully saturated rings. The summed E-state index contributed by atoms with van der Waals surface area (Å²) >= 11 is 0. The summed E-state index contributed by atoms with van der Waals surface area (Å²) < 4.78 is 0. The second kappa shape index (κ2) is 36.0. The fourth-order valence-electron chi connectivity index (χ4n) is 0.652. The van der Waals surface area contributed by atoms with Crippen LogP contribution in [0, 0.1) is 0 Å². The minimum Gasteiger partial charge on any atom is -1.00 e. The molecular weight excluding hydrogens is 281 g/mol. The molecule has 0 rings (SSSR count). The van der Waals surface area contributed by atoms with Crippen molar-refractivity contribution >= 4 is 0 Å². The fourth-order valence-corrected chi connectivity index (χ4v) is 0.652. The van der Waals surface area contributed by atoms with E-state index < -0.39 is 0 Å². The molecule has 0 aromatic rings.